The Bertz CT molecular complexity index is 451. The number of methoxy groups -OCH3 is 1. The second-order valence-electron chi connectivity index (χ2n) is 4.68. The lowest BCUT2D eigenvalue weighted by atomic mass is 9.95. The van der Waals surface area contributed by atoms with Crippen LogP contribution in [0, 0.1) is 0 Å². The van der Waals surface area contributed by atoms with E-state index in [1.54, 1.807) is 14.2 Å². The third-order valence-corrected chi connectivity index (χ3v) is 3.91. The average molecular weight is 332 g/mol. The Morgan fingerprint density at radius 1 is 1.74 bits per heavy atom. The van der Waals surface area contributed by atoms with Crippen molar-refractivity contribution in [2.24, 2.45) is 0 Å². The summed E-state index contributed by atoms with van der Waals surface area (Å²) < 4.78 is 11.1. The standard InChI is InChI=1S/C12H18BrN3O3/c1-14-11(17)12(8-18-2)4-3-5-16(12)7-9-6-10(13)15-19-9/h6H,3-5,7-8H2,1-2H3,(H,14,17). The molecular formula is C12H18BrN3O3. The van der Waals surface area contributed by atoms with Gasteiger partial charge in [-0.3, -0.25) is 9.69 Å². The third kappa shape index (κ3) is 2.82. The lowest BCUT2D eigenvalue weighted by Crippen LogP contribution is -2.57. The Kier molecular flexibility index (Phi) is 4.59. The van der Waals surface area contributed by atoms with Crippen molar-refractivity contribution in [3.63, 3.8) is 0 Å². The molecule has 1 aliphatic heterocycles. The topological polar surface area (TPSA) is 67.6 Å². The summed E-state index contributed by atoms with van der Waals surface area (Å²) >= 11 is 3.26. The van der Waals surface area contributed by atoms with Gasteiger partial charge in [0, 0.05) is 20.2 Å². The number of nitrogens with one attached hydrogen (secondary N) is 1. The van der Waals surface area contributed by atoms with Gasteiger partial charge in [0.2, 0.25) is 5.91 Å². The summed E-state index contributed by atoms with van der Waals surface area (Å²) in [6.07, 6.45) is 1.75. The zero-order valence-electron chi connectivity index (χ0n) is 11.1. The van der Waals surface area contributed by atoms with Gasteiger partial charge < -0.3 is 14.6 Å². The van der Waals surface area contributed by atoms with Crippen molar-refractivity contribution >= 4 is 21.8 Å². The Hall–Kier alpha value is -0.920. The summed E-state index contributed by atoms with van der Waals surface area (Å²) in [6.45, 7) is 1.77. The number of ether oxygens (including phenoxy) is 1. The number of amides is 1. The van der Waals surface area contributed by atoms with Crippen molar-refractivity contribution < 1.29 is 14.1 Å². The van der Waals surface area contributed by atoms with Crippen LogP contribution in [0.3, 0.4) is 0 Å². The first-order valence-electron chi connectivity index (χ1n) is 6.19. The van der Waals surface area contributed by atoms with E-state index in [1.807, 2.05) is 6.07 Å². The van der Waals surface area contributed by atoms with E-state index in [9.17, 15) is 4.79 Å². The second kappa shape index (κ2) is 6.02. The van der Waals surface area contributed by atoms with Gasteiger partial charge in [0.05, 0.1) is 13.2 Å². The quantitative estimate of drug-likeness (QED) is 0.877. The van der Waals surface area contributed by atoms with Crippen LogP contribution in [0.1, 0.15) is 18.6 Å². The predicted octanol–water partition coefficient (Wildman–Crippen LogP) is 1.16. The highest BCUT2D eigenvalue weighted by Crippen LogP contribution is 2.32. The summed E-state index contributed by atoms with van der Waals surface area (Å²) in [7, 11) is 3.27. The van der Waals surface area contributed by atoms with Gasteiger partial charge in [-0.2, -0.15) is 0 Å². The molecule has 2 heterocycles. The number of likely N-dealkylation sites (N-methyl/N-ethyl adjacent to an activating group) is 1. The molecule has 19 heavy (non-hydrogen) atoms. The molecule has 0 aliphatic carbocycles. The molecule has 0 bridgehead atoms. The number of hydrogen-bond donors (Lipinski definition) is 1. The number of aromatic nitrogens is 1. The van der Waals surface area contributed by atoms with Crippen LogP contribution >= 0.6 is 15.9 Å². The molecule has 1 fully saturated rings. The first-order valence-corrected chi connectivity index (χ1v) is 6.99. The van der Waals surface area contributed by atoms with Crippen LogP contribution in [0.5, 0.6) is 0 Å². The molecule has 1 aromatic rings. The molecule has 6 nitrogen and oxygen atoms in total. The zero-order chi connectivity index (χ0) is 13.9. The summed E-state index contributed by atoms with van der Waals surface area (Å²) in [5.74, 6) is 0.726. The minimum Gasteiger partial charge on any atom is -0.382 e. The van der Waals surface area contributed by atoms with Crippen LogP contribution < -0.4 is 5.32 Å². The Labute approximate surface area is 120 Å². The largest absolute Gasteiger partial charge is 0.382 e. The maximum Gasteiger partial charge on any atom is 0.242 e. The van der Waals surface area contributed by atoms with Crippen LogP contribution in [0.4, 0.5) is 0 Å². The molecule has 0 spiro atoms. The Morgan fingerprint density at radius 2 is 2.53 bits per heavy atom. The molecule has 1 atom stereocenters. The molecule has 1 amide bonds. The summed E-state index contributed by atoms with van der Waals surface area (Å²) in [6, 6.07) is 1.82. The molecule has 1 unspecified atom stereocenters. The number of hydrogen-bond acceptors (Lipinski definition) is 5. The van der Waals surface area contributed by atoms with Gasteiger partial charge in [-0.15, -0.1) is 0 Å². The smallest absolute Gasteiger partial charge is 0.242 e. The van der Waals surface area contributed by atoms with Crippen LogP contribution in [-0.4, -0.2) is 48.8 Å². The van der Waals surface area contributed by atoms with Gasteiger partial charge in [0.1, 0.15) is 10.1 Å². The van der Waals surface area contributed by atoms with E-state index in [4.69, 9.17) is 9.26 Å². The average Bonchev–Trinajstić information content (AvgIpc) is 2.98. The van der Waals surface area contributed by atoms with Gasteiger partial charge in [-0.25, -0.2) is 0 Å². The number of nitrogens with zero attached hydrogens (tertiary/aromatic N) is 2. The van der Waals surface area contributed by atoms with E-state index in [2.05, 4.69) is 31.3 Å². The molecule has 0 saturated carbocycles. The number of likely N-dealkylation sites (tertiary alicyclic amines) is 1. The van der Waals surface area contributed by atoms with Crippen LogP contribution in [0.25, 0.3) is 0 Å². The van der Waals surface area contributed by atoms with Crippen LogP contribution in [0.2, 0.25) is 0 Å². The van der Waals surface area contributed by atoms with E-state index >= 15 is 0 Å². The van der Waals surface area contributed by atoms with E-state index in [0.717, 1.165) is 25.1 Å². The fraction of sp³-hybridized carbons (Fsp3) is 0.667. The maximum absolute atomic E-state index is 12.2. The predicted molar refractivity (Wildman–Crippen MR) is 72.5 cm³/mol. The van der Waals surface area contributed by atoms with Crippen molar-refractivity contribution in [2.45, 2.75) is 24.9 Å². The van der Waals surface area contributed by atoms with Crippen molar-refractivity contribution in [1.29, 1.82) is 0 Å². The molecule has 0 aromatic carbocycles. The fourth-order valence-electron chi connectivity index (χ4n) is 2.67. The van der Waals surface area contributed by atoms with Gasteiger partial charge in [-0.1, -0.05) is 5.16 Å². The summed E-state index contributed by atoms with van der Waals surface area (Å²) in [5, 5.41) is 6.54. The molecule has 1 aliphatic rings. The molecule has 0 radical (unpaired) electrons. The summed E-state index contributed by atoms with van der Waals surface area (Å²) in [4.78, 5) is 14.3. The SMILES string of the molecule is CNC(=O)C1(COC)CCCN1Cc1cc(Br)no1. The number of rotatable bonds is 5. The highest BCUT2D eigenvalue weighted by molar-refractivity contribution is 9.10. The maximum atomic E-state index is 12.2. The molecule has 2 rings (SSSR count). The van der Waals surface area contributed by atoms with Crippen LogP contribution in [0.15, 0.2) is 15.2 Å². The third-order valence-electron chi connectivity index (χ3n) is 3.53. The first kappa shape index (κ1) is 14.5. The molecule has 1 aromatic heterocycles. The number of carbonyl (C=O) groups excluding carboxylic acids is 1. The lowest BCUT2D eigenvalue weighted by Gasteiger charge is -2.35. The molecular weight excluding hydrogens is 314 g/mol. The van der Waals surface area contributed by atoms with Gasteiger partial charge in [-0.05, 0) is 35.3 Å². The van der Waals surface area contributed by atoms with Crippen molar-refractivity contribution in [3.05, 3.63) is 16.4 Å². The minimum atomic E-state index is -0.608. The normalized spacial score (nSPS) is 23.7. The molecule has 106 valence electrons. The highest BCUT2D eigenvalue weighted by Gasteiger charge is 2.47. The van der Waals surface area contributed by atoms with Crippen molar-refractivity contribution in [1.82, 2.24) is 15.4 Å². The van der Waals surface area contributed by atoms with Gasteiger partial charge >= 0.3 is 0 Å². The number of carbonyl (C=O) groups is 1. The van der Waals surface area contributed by atoms with E-state index in [0.29, 0.717) is 17.8 Å². The van der Waals surface area contributed by atoms with E-state index < -0.39 is 5.54 Å². The fourth-order valence-corrected chi connectivity index (χ4v) is 3.00. The molecule has 7 heteroatoms. The monoisotopic (exact) mass is 331 g/mol. The minimum absolute atomic E-state index is 0.00886. The molecule has 1 N–H and O–H groups in total. The van der Waals surface area contributed by atoms with E-state index in [1.165, 1.54) is 0 Å². The first-order chi connectivity index (χ1) is 9.12. The van der Waals surface area contributed by atoms with Crippen molar-refractivity contribution in [2.75, 3.05) is 27.3 Å². The zero-order valence-corrected chi connectivity index (χ0v) is 12.7. The highest BCUT2D eigenvalue weighted by atomic mass is 79.9. The van der Waals surface area contributed by atoms with Gasteiger partial charge in [0.15, 0.2) is 5.76 Å². The number of halogens is 1. The Balaban J connectivity index is 2.19. The van der Waals surface area contributed by atoms with Crippen LogP contribution in [-0.2, 0) is 16.1 Å². The van der Waals surface area contributed by atoms with Crippen molar-refractivity contribution in [3.8, 4) is 0 Å². The van der Waals surface area contributed by atoms with E-state index in [-0.39, 0.29) is 5.91 Å². The Morgan fingerprint density at radius 3 is 3.11 bits per heavy atom. The summed E-state index contributed by atoms with van der Waals surface area (Å²) in [5.41, 5.74) is -0.608. The lowest BCUT2D eigenvalue weighted by molar-refractivity contribution is -0.135. The van der Waals surface area contributed by atoms with Gasteiger partial charge in [0.25, 0.3) is 0 Å². The molecule has 1 saturated heterocycles. The second-order valence-corrected chi connectivity index (χ2v) is 5.50.